The van der Waals surface area contributed by atoms with E-state index in [0.717, 1.165) is 6.33 Å². The highest BCUT2D eigenvalue weighted by Gasteiger charge is 2.45. The third-order valence-corrected chi connectivity index (χ3v) is 3.87. The minimum absolute atomic E-state index is 0.0210. The molecule has 3 rings (SSSR count). The summed E-state index contributed by atoms with van der Waals surface area (Å²) in [5.74, 6) is 0. The molecule has 4 atom stereocenters. The Bertz CT molecular complexity index is 815. The SMILES string of the molecule is O=c1[nH]cnc2c1ncn2C1O[C@@H](COP(=O)(O)O)[C@H](O)[C@@H]1O. The Hall–Kier alpha value is -1.66. The van der Waals surface area contributed by atoms with Crippen molar-refractivity contribution in [2.75, 3.05) is 6.61 Å². The second kappa shape index (κ2) is 5.76. The Morgan fingerprint density at radius 3 is 2.78 bits per heavy atom. The van der Waals surface area contributed by atoms with Crippen molar-refractivity contribution in [3.05, 3.63) is 23.0 Å². The number of nitrogens with zero attached hydrogens (tertiary/aromatic N) is 3. The average Bonchev–Trinajstić information content (AvgIpc) is 3.01. The van der Waals surface area contributed by atoms with Crippen LogP contribution in [0.15, 0.2) is 17.4 Å². The topological polar surface area (TPSA) is 180 Å². The molecule has 1 aliphatic rings. The second-order valence-corrected chi connectivity index (χ2v) is 6.13. The first-order valence-electron chi connectivity index (χ1n) is 6.40. The Morgan fingerprint density at radius 1 is 1.35 bits per heavy atom. The summed E-state index contributed by atoms with van der Waals surface area (Å²) in [7, 11) is -4.74. The third-order valence-electron chi connectivity index (χ3n) is 3.38. The summed E-state index contributed by atoms with van der Waals surface area (Å²) in [5, 5.41) is 20.0. The van der Waals surface area contributed by atoms with E-state index in [9.17, 15) is 19.6 Å². The molecule has 3 heterocycles. The smallest absolute Gasteiger partial charge is 0.387 e. The van der Waals surface area contributed by atoms with Gasteiger partial charge in [-0.1, -0.05) is 0 Å². The van der Waals surface area contributed by atoms with Gasteiger partial charge in [0.25, 0.3) is 5.56 Å². The summed E-state index contributed by atoms with van der Waals surface area (Å²) < 4.78 is 21.6. The van der Waals surface area contributed by atoms with E-state index < -0.39 is 44.5 Å². The Labute approximate surface area is 127 Å². The van der Waals surface area contributed by atoms with E-state index in [2.05, 4.69) is 19.5 Å². The Morgan fingerprint density at radius 2 is 2.09 bits per heavy atom. The summed E-state index contributed by atoms with van der Waals surface area (Å²) >= 11 is 0. The van der Waals surface area contributed by atoms with Crippen LogP contribution in [0.2, 0.25) is 0 Å². The van der Waals surface area contributed by atoms with E-state index in [1.165, 1.54) is 10.9 Å². The molecular weight excluding hydrogens is 335 g/mol. The summed E-state index contributed by atoms with van der Waals surface area (Å²) in [6.45, 7) is -0.625. The molecule has 0 radical (unpaired) electrons. The standard InChI is InChI=1S/C10H13N4O8P/c15-6-4(1-21-23(18,19)20)22-10(7(6)16)14-3-13-5-8(14)11-2-12-9(5)17/h2-4,6-7,10,15-16H,1H2,(H,11,12,17)(H2,18,19,20)/t4-,6-,7-,10?/m0/s1. The fourth-order valence-corrected chi connectivity index (χ4v) is 2.66. The Kier molecular flexibility index (Phi) is 4.06. The van der Waals surface area contributed by atoms with Gasteiger partial charge in [-0.2, -0.15) is 0 Å². The van der Waals surface area contributed by atoms with Crippen LogP contribution >= 0.6 is 7.82 Å². The lowest BCUT2D eigenvalue weighted by atomic mass is 10.1. The molecule has 1 saturated heterocycles. The highest BCUT2D eigenvalue weighted by Crippen LogP contribution is 2.38. The van der Waals surface area contributed by atoms with Crippen molar-refractivity contribution < 1.29 is 33.8 Å². The molecule has 0 amide bonds. The molecular formula is C10H13N4O8P. The molecule has 5 N–H and O–H groups in total. The first-order chi connectivity index (χ1) is 10.8. The maximum Gasteiger partial charge on any atom is 0.469 e. The number of rotatable bonds is 4. The number of imidazole rings is 1. The summed E-state index contributed by atoms with van der Waals surface area (Å²) in [5.41, 5.74) is -0.336. The van der Waals surface area contributed by atoms with Gasteiger partial charge >= 0.3 is 7.82 Å². The summed E-state index contributed by atoms with van der Waals surface area (Å²) in [4.78, 5) is 39.1. The molecule has 1 fully saturated rings. The number of nitrogens with one attached hydrogen (secondary N) is 1. The van der Waals surface area contributed by atoms with Gasteiger partial charge in [0.05, 0.1) is 19.3 Å². The fourth-order valence-electron chi connectivity index (χ4n) is 2.32. The van der Waals surface area contributed by atoms with Crippen molar-refractivity contribution in [3.63, 3.8) is 0 Å². The van der Waals surface area contributed by atoms with E-state index in [0.29, 0.717) is 0 Å². The lowest BCUT2D eigenvalue weighted by Crippen LogP contribution is -2.33. The predicted molar refractivity (Wildman–Crippen MR) is 72.1 cm³/mol. The maximum atomic E-state index is 11.6. The second-order valence-electron chi connectivity index (χ2n) is 4.89. The zero-order valence-electron chi connectivity index (χ0n) is 11.4. The number of phosphoric ester groups is 1. The van der Waals surface area contributed by atoms with E-state index >= 15 is 0 Å². The molecule has 1 aliphatic heterocycles. The summed E-state index contributed by atoms with van der Waals surface area (Å²) in [6.07, 6.45) is -2.85. The molecule has 13 heteroatoms. The minimum Gasteiger partial charge on any atom is -0.387 e. The predicted octanol–water partition coefficient (Wildman–Crippen LogP) is -2.15. The number of aromatic amines is 1. The lowest BCUT2D eigenvalue weighted by molar-refractivity contribution is -0.0504. The van der Waals surface area contributed by atoms with Gasteiger partial charge in [-0.3, -0.25) is 13.9 Å². The zero-order chi connectivity index (χ0) is 16.8. The molecule has 23 heavy (non-hydrogen) atoms. The monoisotopic (exact) mass is 348 g/mol. The maximum absolute atomic E-state index is 11.6. The van der Waals surface area contributed by atoms with Crippen LogP contribution in [0.1, 0.15) is 6.23 Å². The number of H-pyrrole nitrogens is 1. The van der Waals surface area contributed by atoms with E-state index in [1.807, 2.05) is 0 Å². The van der Waals surface area contributed by atoms with Gasteiger partial charge in [-0.25, -0.2) is 14.5 Å². The van der Waals surface area contributed by atoms with Crippen molar-refractivity contribution in [3.8, 4) is 0 Å². The minimum atomic E-state index is -4.74. The highest BCUT2D eigenvalue weighted by atomic mass is 31.2. The van der Waals surface area contributed by atoms with Crippen molar-refractivity contribution in [1.82, 2.24) is 19.5 Å². The quantitative estimate of drug-likeness (QED) is 0.382. The van der Waals surface area contributed by atoms with Crippen molar-refractivity contribution in [1.29, 1.82) is 0 Å². The number of aromatic nitrogens is 4. The van der Waals surface area contributed by atoms with Gasteiger partial charge in [-0.05, 0) is 0 Å². The van der Waals surface area contributed by atoms with Crippen LogP contribution in [-0.2, 0) is 13.8 Å². The normalized spacial score (nSPS) is 28.5. The van der Waals surface area contributed by atoms with Gasteiger partial charge < -0.3 is 29.7 Å². The summed E-state index contributed by atoms with van der Waals surface area (Å²) in [6, 6.07) is 0. The fraction of sp³-hybridized carbons (Fsp3) is 0.500. The molecule has 0 saturated carbocycles. The molecule has 2 aromatic rings. The van der Waals surface area contributed by atoms with Crippen LogP contribution in [0.4, 0.5) is 0 Å². The zero-order valence-corrected chi connectivity index (χ0v) is 12.3. The first-order valence-corrected chi connectivity index (χ1v) is 7.93. The third kappa shape index (κ3) is 3.05. The number of aliphatic hydroxyl groups is 2. The number of fused-ring (bicyclic) bond motifs is 1. The van der Waals surface area contributed by atoms with Crippen molar-refractivity contribution >= 4 is 19.0 Å². The average molecular weight is 348 g/mol. The van der Waals surface area contributed by atoms with Gasteiger partial charge in [0, 0.05) is 0 Å². The molecule has 1 unspecified atom stereocenters. The molecule has 2 aromatic heterocycles. The van der Waals surface area contributed by atoms with Gasteiger partial charge in [-0.15, -0.1) is 0 Å². The number of phosphoric acid groups is 1. The van der Waals surface area contributed by atoms with Crippen LogP contribution in [0.25, 0.3) is 11.2 Å². The molecule has 12 nitrogen and oxygen atoms in total. The van der Waals surface area contributed by atoms with Crippen LogP contribution in [0, 0.1) is 0 Å². The van der Waals surface area contributed by atoms with E-state index in [4.69, 9.17) is 14.5 Å². The molecule has 0 bridgehead atoms. The first kappa shape index (κ1) is 16.2. The number of hydrogen-bond donors (Lipinski definition) is 5. The number of aliphatic hydroxyl groups excluding tert-OH is 2. The molecule has 0 aliphatic carbocycles. The van der Waals surface area contributed by atoms with Crippen molar-refractivity contribution in [2.24, 2.45) is 0 Å². The van der Waals surface area contributed by atoms with Gasteiger partial charge in [0.1, 0.15) is 18.3 Å². The van der Waals surface area contributed by atoms with Gasteiger partial charge in [0.2, 0.25) is 0 Å². The molecule has 0 aromatic carbocycles. The molecule has 0 spiro atoms. The largest absolute Gasteiger partial charge is 0.469 e. The van der Waals surface area contributed by atoms with Crippen LogP contribution in [0.5, 0.6) is 0 Å². The van der Waals surface area contributed by atoms with Crippen molar-refractivity contribution in [2.45, 2.75) is 24.5 Å². The van der Waals surface area contributed by atoms with Crippen LogP contribution in [-0.4, -0.2) is 64.4 Å². The van der Waals surface area contributed by atoms with Gasteiger partial charge in [0.15, 0.2) is 17.4 Å². The molecule has 126 valence electrons. The van der Waals surface area contributed by atoms with E-state index in [-0.39, 0.29) is 11.2 Å². The number of hydrogen-bond acceptors (Lipinski definition) is 8. The number of ether oxygens (including phenoxy) is 1. The lowest BCUT2D eigenvalue weighted by Gasteiger charge is -2.16. The highest BCUT2D eigenvalue weighted by molar-refractivity contribution is 7.46. The van der Waals surface area contributed by atoms with Crippen LogP contribution < -0.4 is 5.56 Å². The van der Waals surface area contributed by atoms with E-state index in [1.54, 1.807) is 0 Å². The Balaban J connectivity index is 1.87. The van der Waals surface area contributed by atoms with Crippen LogP contribution in [0.3, 0.4) is 0 Å².